The largest absolute Gasteiger partial charge is 0.426 e. The highest BCUT2D eigenvalue weighted by Crippen LogP contribution is 2.45. The Labute approximate surface area is 134 Å². The van der Waals surface area contributed by atoms with Gasteiger partial charge in [0.2, 0.25) is 0 Å². The Morgan fingerprint density at radius 2 is 1.45 bits per heavy atom. The molecule has 1 aromatic carbocycles. The topological polar surface area (TPSA) is 14.2 Å². The van der Waals surface area contributed by atoms with Gasteiger partial charge in [-0.15, -0.1) is 0 Å². The summed E-state index contributed by atoms with van der Waals surface area (Å²) in [6, 6.07) is 13.2. The van der Waals surface area contributed by atoms with Gasteiger partial charge in [-0.1, -0.05) is 26.0 Å². The molecule has 3 heteroatoms. The average molecular weight is 295 g/mol. The third-order valence-electron chi connectivity index (χ3n) is 5.56. The van der Waals surface area contributed by atoms with Crippen LogP contribution in [-0.2, 0) is 4.65 Å². The van der Waals surface area contributed by atoms with Gasteiger partial charge < -0.3 is 9.22 Å². The number of hydrogen-bond acceptors (Lipinski definition) is 1. The first-order valence-electron chi connectivity index (χ1n) is 8.14. The number of nitrogens with zero attached hydrogens (tertiary/aromatic N) is 1. The van der Waals surface area contributed by atoms with Crippen LogP contribution < -0.4 is 5.46 Å². The van der Waals surface area contributed by atoms with Crippen LogP contribution in [0.4, 0.5) is 0 Å². The average Bonchev–Trinajstić information content (AvgIpc) is 2.87. The van der Waals surface area contributed by atoms with Crippen LogP contribution in [0.15, 0.2) is 36.4 Å². The molecule has 0 bridgehead atoms. The van der Waals surface area contributed by atoms with E-state index in [1.807, 2.05) is 0 Å². The second-order valence-electron chi connectivity index (χ2n) is 7.75. The molecular formula is C19H26BNO. The lowest BCUT2D eigenvalue weighted by molar-refractivity contribution is 0.0375. The van der Waals surface area contributed by atoms with Crippen molar-refractivity contribution < 1.29 is 4.65 Å². The summed E-state index contributed by atoms with van der Waals surface area (Å²) in [4.78, 5) is 0. The molecule has 0 aliphatic carbocycles. The molecule has 0 N–H and O–H groups in total. The van der Waals surface area contributed by atoms with Crippen LogP contribution in [0.2, 0.25) is 6.32 Å². The summed E-state index contributed by atoms with van der Waals surface area (Å²) in [5, 5.41) is 0. The number of rotatable bonds is 2. The minimum absolute atomic E-state index is 0.0794. The molecule has 1 aromatic heterocycles. The Bertz CT molecular complexity index is 646. The molecule has 2 aromatic rings. The molecule has 0 spiro atoms. The fourth-order valence-corrected chi connectivity index (χ4v) is 3.37. The van der Waals surface area contributed by atoms with E-state index in [0.717, 1.165) is 6.32 Å². The van der Waals surface area contributed by atoms with E-state index in [1.165, 1.54) is 22.5 Å². The van der Waals surface area contributed by atoms with Gasteiger partial charge in [0.1, 0.15) is 0 Å². The van der Waals surface area contributed by atoms with Crippen molar-refractivity contribution in [1.82, 2.24) is 4.57 Å². The molecule has 0 radical (unpaired) electrons. The summed E-state index contributed by atoms with van der Waals surface area (Å²) in [5.74, 6) is 0. The first-order valence-corrected chi connectivity index (χ1v) is 8.14. The Kier molecular flexibility index (Phi) is 3.52. The van der Waals surface area contributed by atoms with Crippen LogP contribution in [-0.4, -0.2) is 17.1 Å². The highest BCUT2D eigenvalue weighted by atomic mass is 16.5. The molecule has 3 rings (SSSR count). The molecule has 1 aliphatic rings. The van der Waals surface area contributed by atoms with E-state index in [9.17, 15) is 0 Å². The number of aryl methyl sites for hydroxylation is 2. The Hall–Kier alpha value is -1.48. The maximum atomic E-state index is 6.32. The lowest BCUT2D eigenvalue weighted by atomic mass is 9.54. The highest BCUT2D eigenvalue weighted by Gasteiger charge is 2.49. The van der Waals surface area contributed by atoms with Gasteiger partial charge in [0.05, 0.1) is 5.60 Å². The Morgan fingerprint density at radius 3 is 1.91 bits per heavy atom. The fraction of sp³-hybridized carbons (Fsp3) is 0.474. The quantitative estimate of drug-likeness (QED) is 0.760. The van der Waals surface area contributed by atoms with E-state index in [2.05, 4.69) is 82.5 Å². The third-order valence-corrected chi connectivity index (χ3v) is 5.56. The molecule has 2 nitrogen and oxygen atoms in total. The second-order valence-corrected chi connectivity index (χ2v) is 7.75. The van der Waals surface area contributed by atoms with Crippen molar-refractivity contribution in [3.8, 4) is 5.69 Å². The van der Waals surface area contributed by atoms with Crippen molar-refractivity contribution in [2.24, 2.45) is 5.41 Å². The van der Waals surface area contributed by atoms with Gasteiger partial charge in [-0.05, 0) is 69.2 Å². The molecule has 1 fully saturated rings. The van der Waals surface area contributed by atoms with Crippen LogP contribution in [0.25, 0.3) is 5.69 Å². The van der Waals surface area contributed by atoms with E-state index >= 15 is 0 Å². The summed E-state index contributed by atoms with van der Waals surface area (Å²) in [7, 11) is 0. The molecule has 0 atom stereocenters. The zero-order valence-corrected chi connectivity index (χ0v) is 14.6. The molecule has 1 aliphatic heterocycles. The molecule has 22 heavy (non-hydrogen) atoms. The monoisotopic (exact) mass is 295 g/mol. The molecule has 0 amide bonds. The molecule has 116 valence electrons. The standard InChI is InChI=1S/C19H26BNO/c1-14-7-8-15(2)21(14)17-11-9-16(10-12-17)20-13-18(3,4)19(5,6)22-20/h7-12H,13H2,1-6H3. The predicted octanol–water partition coefficient (Wildman–Crippen LogP) is 4.13. The minimum Gasteiger partial charge on any atom is -0.426 e. The van der Waals surface area contributed by atoms with Gasteiger partial charge in [0.15, 0.2) is 0 Å². The van der Waals surface area contributed by atoms with Crippen LogP contribution in [0.5, 0.6) is 0 Å². The zero-order chi connectivity index (χ0) is 16.1. The summed E-state index contributed by atoms with van der Waals surface area (Å²) in [6.07, 6.45) is 1.07. The third kappa shape index (κ3) is 2.42. The van der Waals surface area contributed by atoms with Gasteiger partial charge in [-0.25, -0.2) is 0 Å². The van der Waals surface area contributed by atoms with Crippen molar-refractivity contribution >= 4 is 12.4 Å². The molecule has 0 saturated carbocycles. The van der Waals surface area contributed by atoms with Gasteiger partial charge in [0.25, 0.3) is 0 Å². The van der Waals surface area contributed by atoms with Crippen molar-refractivity contribution in [2.45, 2.75) is 53.5 Å². The predicted molar refractivity (Wildman–Crippen MR) is 94.4 cm³/mol. The summed E-state index contributed by atoms with van der Waals surface area (Å²) >= 11 is 0. The summed E-state index contributed by atoms with van der Waals surface area (Å²) < 4.78 is 8.61. The van der Waals surface area contributed by atoms with E-state index in [1.54, 1.807) is 0 Å². The zero-order valence-electron chi connectivity index (χ0n) is 14.6. The van der Waals surface area contributed by atoms with Crippen molar-refractivity contribution in [3.05, 3.63) is 47.8 Å². The summed E-state index contributed by atoms with van der Waals surface area (Å²) in [5.41, 5.74) is 5.16. The first kappa shape index (κ1) is 15.4. The first-order chi connectivity index (χ1) is 10.2. The maximum absolute atomic E-state index is 6.32. The highest BCUT2D eigenvalue weighted by molar-refractivity contribution is 6.68. The fourth-order valence-electron chi connectivity index (χ4n) is 3.37. The van der Waals surface area contributed by atoms with E-state index in [0.29, 0.717) is 0 Å². The Balaban J connectivity index is 1.87. The van der Waals surface area contributed by atoms with E-state index in [4.69, 9.17) is 4.65 Å². The lowest BCUT2D eigenvalue weighted by Gasteiger charge is -2.34. The second kappa shape index (κ2) is 5.02. The van der Waals surface area contributed by atoms with Gasteiger partial charge in [-0.3, -0.25) is 0 Å². The number of hydrogen-bond donors (Lipinski definition) is 0. The molecule has 0 unspecified atom stereocenters. The van der Waals surface area contributed by atoms with E-state index in [-0.39, 0.29) is 17.9 Å². The molecule has 2 heterocycles. The smallest absolute Gasteiger partial charge is 0.327 e. The Morgan fingerprint density at radius 1 is 0.909 bits per heavy atom. The number of benzene rings is 1. The van der Waals surface area contributed by atoms with Crippen LogP contribution in [0.1, 0.15) is 39.1 Å². The SMILES string of the molecule is Cc1ccc(C)n1-c1ccc(B2CC(C)(C)C(C)(C)O2)cc1. The number of aromatic nitrogens is 1. The van der Waals surface area contributed by atoms with Crippen LogP contribution in [0.3, 0.4) is 0 Å². The van der Waals surface area contributed by atoms with Crippen LogP contribution >= 0.6 is 0 Å². The normalized spacial score (nSPS) is 19.6. The lowest BCUT2D eigenvalue weighted by Crippen LogP contribution is -2.36. The van der Waals surface area contributed by atoms with Crippen LogP contribution in [0, 0.1) is 19.3 Å². The van der Waals surface area contributed by atoms with Gasteiger partial charge >= 0.3 is 6.92 Å². The maximum Gasteiger partial charge on any atom is 0.327 e. The van der Waals surface area contributed by atoms with Crippen molar-refractivity contribution in [3.63, 3.8) is 0 Å². The van der Waals surface area contributed by atoms with Crippen molar-refractivity contribution in [2.75, 3.05) is 0 Å². The van der Waals surface area contributed by atoms with Gasteiger partial charge in [-0.2, -0.15) is 0 Å². The van der Waals surface area contributed by atoms with Gasteiger partial charge in [0, 0.05) is 17.1 Å². The molecular weight excluding hydrogens is 269 g/mol. The van der Waals surface area contributed by atoms with Crippen molar-refractivity contribution in [1.29, 1.82) is 0 Å². The minimum atomic E-state index is -0.0794. The molecule has 1 saturated heterocycles. The summed E-state index contributed by atoms with van der Waals surface area (Å²) in [6.45, 7) is 13.5. The van der Waals surface area contributed by atoms with E-state index < -0.39 is 0 Å².